The number of nitrogens with one attached hydrogen (secondary N) is 1. The first kappa shape index (κ1) is 15.5. The van der Waals surface area contributed by atoms with E-state index in [-0.39, 0.29) is 5.91 Å². The second-order valence-electron chi connectivity index (χ2n) is 5.99. The predicted octanol–water partition coefficient (Wildman–Crippen LogP) is 2.70. The molecule has 0 saturated carbocycles. The summed E-state index contributed by atoms with van der Waals surface area (Å²) in [6.07, 6.45) is 3.35. The van der Waals surface area contributed by atoms with Crippen LogP contribution in [0.5, 0.6) is 11.5 Å². The SMILES string of the molecule is C[C@H]1CN(C(=O)c2cccc(Oc3ccncc3)c2)C[C@H](C)N1. The van der Waals surface area contributed by atoms with E-state index in [0.29, 0.717) is 29.1 Å². The molecule has 120 valence electrons. The first-order valence-electron chi connectivity index (χ1n) is 7.85. The van der Waals surface area contributed by atoms with Crippen molar-refractivity contribution in [1.29, 1.82) is 0 Å². The Labute approximate surface area is 136 Å². The maximum Gasteiger partial charge on any atom is 0.254 e. The quantitative estimate of drug-likeness (QED) is 0.947. The number of ether oxygens (including phenoxy) is 1. The summed E-state index contributed by atoms with van der Waals surface area (Å²) < 4.78 is 5.78. The second kappa shape index (κ2) is 6.79. The Morgan fingerprint density at radius 3 is 2.52 bits per heavy atom. The number of piperazine rings is 1. The van der Waals surface area contributed by atoms with Crippen molar-refractivity contribution in [2.24, 2.45) is 0 Å². The van der Waals surface area contributed by atoms with Gasteiger partial charge in [0.15, 0.2) is 0 Å². The molecule has 0 bridgehead atoms. The van der Waals surface area contributed by atoms with Crippen molar-refractivity contribution in [2.45, 2.75) is 25.9 Å². The third kappa shape index (κ3) is 3.87. The highest BCUT2D eigenvalue weighted by Gasteiger charge is 2.25. The Morgan fingerprint density at radius 2 is 1.83 bits per heavy atom. The summed E-state index contributed by atoms with van der Waals surface area (Å²) in [5.74, 6) is 1.40. The van der Waals surface area contributed by atoms with Gasteiger partial charge in [-0.05, 0) is 44.2 Å². The third-order valence-corrected chi connectivity index (χ3v) is 3.81. The summed E-state index contributed by atoms with van der Waals surface area (Å²) in [5, 5.41) is 3.44. The number of aromatic nitrogens is 1. The number of nitrogens with zero attached hydrogens (tertiary/aromatic N) is 2. The Morgan fingerprint density at radius 1 is 1.13 bits per heavy atom. The summed E-state index contributed by atoms with van der Waals surface area (Å²) in [6.45, 7) is 5.63. The predicted molar refractivity (Wildman–Crippen MR) is 88.7 cm³/mol. The summed E-state index contributed by atoms with van der Waals surface area (Å²) >= 11 is 0. The van der Waals surface area contributed by atoms with Gasteiger partial charge < -0.3 is 15.0 Å². The van der Waals surface area contributed by atoms with Crippen LogP contribution in [0.2, 0.25) is 0 Å². The molecule has 1 aliphatic rings. The van der Waals surface area contributed by atoms with Crippen LogP contribution in [0.4, 0.5) is 0 Å². The Hall–Kier alpha value is -2.40. The minimum atomic E-state index is 0.0466. The lowest BCUT2D eigenvalue weighted by atomic mass is 10.1. The molecule has 1 amide bonds. The van der Waals surface area contributed by atoms with Gasteiger partial charge in [-0.15, -0.1) is 0 Å². The zero-order valence-electron chi connectivity index (χ0n) is 13.4. The van der Waals surface area contributed by atoms with Crippen LogP contribution in [0.3, 0.4) is 0 Å². The lowest BCUT2D eigenvalue weighted by Gasteiger charge is -2.36. The molecule has 1 aromatic carbocycles. The molecule has 1 aromatic heterocycles. The van der Waals surface area contributed by atoms with Gasteiger partial charge in [-0.3, -0.25) is 9.78 Å². The molecule has 2 aromatic rings. The van der Waals surface area contributed by atoms with E-state index in [4.69, 9.17) is 4.74 Å². The minimum Gasteiger partial charge on any atom is -0.457 e. The number of hydrogen-bond donors (Lipinski definition) is 1. The lowest BCUT2D eigenvalue weighted by molar-refractivity contribution is 0.0673. The molecule has 5 nitrogen and oxygen atoms in total. The molecule has 2 atom stereocenters. The van der Waals surface area contributed by atoms with E-state index in [0.717, 1.165) is 13.1 Å². The van der Waals surface area contributed by atoms with Gasteiger partial charge in [0.25, 0.3) is 5.91 Å². The van der Waals surface area contributed by atoms with Gasteiger partial charge in [0.05, 0.1) is 0 Å². The van der Waals surface area contributed by atoms with Crippen molar-refractivity contribution in [3.05, 3.63) is 54.4 Å². The van der Waals surface area contributed by atoms with E-state index in [1.54, 1.807) is 30.6 Å². The summed E-state index contributed by atoms with van der Waals surface area (Å²) in [7, 11) is 0. The van der Waals surface area contributed by atoms with E-state index in [1.165, 1.54) is 0 Å². The smallest absolute Gasteiger partial charge is 0.254 e. The van der Waals surface area contributed by atoms with E-state index in [2.05, 4.69) is 24.1 Å². The number of benzene rings is 1. The van der Waals surface area contributed by atoms with Crippen molar-refractivity contribution < 1.29 is 9.53 Å². The molecule has 23 heavy (non-hydrogen) atoms. The van der Waals surface area contributed by atoms with Crippen molar-refractivity contribution in [2.75, 3.05) is 13.1 Å². The van der Waals surface area contributed by atoms with E-state index < -0.39 is 0 Å². The van der Waals surface area contributed by atoms with Crippen molar-refractivity contribution in [3.63, 3.8) is 0 Å². The zero-order valence-corrected chi connectivity index (χ0v) is 13.4. The number of carbonyl (C=O) groups is 1. The molecule has 1 N–H and O–H groups in total. The number of hydrogen-bond acceptors (Lipinski definition) is 4. The summed E-state index contributed by atoms with van der Waals surface area (Å²) in [6, 6.07) is 11.5. The van der Waals surface area contributed by atoms with Crippen molar-refractivity contribution >= 4 is 5.91 Å². The molecule has 0 unspecified atom stereocenters. The molecule has 0 aliphatic carbocycles. The fraction of sp³-hybridized carbons (Fsp3) is 0.333. The minimum absolute atomic E-state index is 0.0466. The zero-order chi connectivity index (χ0) is 16.2. The number of carbonyl (C=O) groups excluding carboxylic acids is 1. The summed E-state index contributed by atoms with van der Waals surface area (Å²) in [5.41, 5.74) is 0.651. The largest absolute Gasteiger partial charge is 0.457 e. The number of amides is 1. The molecule has 0 spiro atoms. The number of pyridine rings is 1. The van der Waals surface area contributed by atoms with E-state index >= 15 is 0 Å². The van der Waals surface area contributed by atoms with E-state index in [1.807, 2.05) is 23.1 Å². The van der Waals surface area contributed by atoms with Crippen LogP contribution in [0.15, 0.2) is 48.8 Å². The Balaban J connectivity index is 1.75. The van der Waals surface area contributed by atoms with E-state index in [9.17, 15) is 4.79 Å². The maximum absolute atomic E-state index is 12.7. The van der Waals surface area contributed by atoms with Gasteiger partial charge in [-0.1, -0.05) is 6.07 Å². The normalized spacial score (nSPS) is 21.0. The van der Waals surface area contributed by atoms with Gasteiger partial charge in [-0.2, -0.15) is 0 Å². The molecule has 5 heteroatoms. The summed E-state index contributed by atoms with van der Waals surface area (Å²) in [4.78, 5) is 18.6. The van der Waals surface area contributed by atoms with Gasteiger partial charge in [0.2, 0.25) is 0 Å². The third-order valence-electron chi connectivity index (χ3n) is 3.81. The van der Waals surface area contributed by atoms with Crippen LogP contribution < -0.4 is 10.1 Å². The first-order valence-corrected chi connectivity index (χ1v) is 7.85. The molecule has 1 aliphatic heterocycles. The molecular weight excluding hydrogens is 290 g/mol. The van der Waals surface area contributed by atoms with Gasteiger partial charge in [-0.25, -0.2) is 0 Å². The van der Waals surface area contributed by atoms with Crippen LogP contribution in [0.1, 0.15) is 24.2 Å². The van der Waals surface area contributed by atoms with Crippen LogP contribution in [-0.4, -0.2) is 41.0 Å². The number of rotatable bonds is 3. The highest BCUT2D eigenvalue weighted by Crippen LogP contribution is 2.22. The fourth-order valence-corrected chi connectivity index (χ4v) is 2.91. The topological polar surface area (TPSA) is 54.5 Å². The van der Waals surface area contributed by atoms with Gasteiger partial charge in [0, 0.05) is 43.1 Å². The van der Waals surface area contributed by atoms with Crippen molar-refractivity contribution in [3.8, 4) is 11.5 Å². The van der Waals surface area contributed by atoms with Gasteiger partial charge >= 0.3 is 0 Å². The Bertz CT molecular complexity index is 665. The molecule has 1 saturated heterocycles. The fourth-order valence-electron chi connectivity index (χ4n) is 2.91. The average Bonchev–Trinajstić information content (AvgIpc) is 2.54. The standard InChI is InChI=1S/C18H21N3O2/c1-13-11-21(12-14(2)20-13)18(22)15-4-3-5-17(10-15)23-16-6-8-19-9-7-16/h3-10,13-14,20H,11-12H2,1-2H3/t13-,14-/m0/s1. The Kier molecular flexibility index (Phi) is 4.57. The van der Waals surface area contributed by atoms with Crippen LogP contribution >= 0.6 is 0 Å². The average molecular weight is 311 g/mol. The van der Waals surface area contributed by atoms with Crippen LogP contribution in [-0.2, 0) is 0 Å². The molecule has 1 fully saturated rings. The molecule has 3 rings (SSSR count). The maximum atomic E-state index is 12.7. The van der Waals surface area contributed by atoms with Crippen molar-refractivity contribution in [1.82, 2.24) is 15.2 Å². The molecule has 2 heterocycles. The van der Waals surface area contributed by atoms with Crippen LogP contribution in [0.25, 0.3) is 0 Å². The highest BCUT2D eigenvalue weighted by atomic mass is 16.5. The van der Waals surface area contributed by atoms with Crippen LogP contribution in [0, 0.1) is 0 Å². The second-order valence-corrected chi connectivity index (χ2v) is 5.99. The highest BCUT2D eigenvalue weighted by molar-refractivity contribution is 5.94. The lowest BCUT2D eigenvalue weighted by Crippen LogP contribution is -2.55. The van der Waals surface area contributed by atoms with Gasteiger partial charge in [0.1, 0.15) is 11.5 Å². The first-order chi connectivity index (χ1) is 11.1. The monoisotopic (exact) mass is 311 g/mol. The molecule has 0 radical (unpaired) electrons. The molecular formula is C18H21N3O2.